The number of allylic oxidation sites excluding steroid dienone is 1. The monoisotopic (exact) mass is 800 g/mol. The van der Waals surface area contributed by atoms with Crippen LogP contribution >= 0.6 is 0 Å². The van der Waals surface area contributed by atoms with Crippen LogP contribution in [0.2, 0.25) is 0 Å². The average molecular weight is 800 g/mol. The van der Waals surface area contributed by atoms with Gasteiger partial charge in [-0.05, 0) is 24.0 Å². The molecule has 0 atom stereocenters. The predicted molar refractivity (Wildman–Crippen MR) is 252 cm³/mol. The number of unbranched alkanes of at least 4 members (excludes halogenated alkanes) is 28. The van der Waals surface area contributed by atoms with Crippen molar-refractivity contribution in [3.05, 3.63) is 83.9 Å². The predicted octanol–water partition coefficient (Wildman–Crippen LogP) is 16.1. The topological polar surface area (TPSA) is 54.5 Å². The van der Waals surface area contributed by atoms with E-state index in [1.165, 1.54) is 167 Å². The number of carbonyl (C=O) groups excluding carboxylic acids is 3. The number of likely N-dealkylation sites (N-methyl/N-ethyl adjacent to an activating group) is 1. The van der Waals surface area contributed by atoms with Gasteiger partial charge in [0.2, 0.25) is 5.91 Å². The van der Waals surface area contributed by atoms with E-state index in [1.807, 2.05) is 60.7 Å². The lowest BCUT2D eigenvalue weighted by atomic mass is 9.90. The highest BCUT2D eigenvalue weighted by molar-refractivity contribution is 6.19. The molecule has 1 amide bonds. The Kier molecular flexibility index (Phi) is 34.9. The zero-order valence-corrected chi connectivity index (χ0v) is 38.4. The first kappa shape index (κ1) is 53.0. The van der Waals surface area contributed by atoms with Gasteiger partial charge in [0, 0.05) is 26.9 Å². The summed E-state index contributed by atoms with van der Waals surface area (Å²) in [5.74, 6) is -0.142. The largest absolute Gasteiger partial charge is 0.348 e. The molecule has 0 spiro atoms. The Balaban J connectivity index is 0.000000766. The van der Waals surface area contributed by atoms with Crippen LogP contribution in [0.5, 0.6) is 0 Å². The van der Waals surface area contributed by atoms with Gasteiger partial charge in [0.1, 0.15) is 0 Å². The van der Waals surface area contributed by atoms with Crippen molar-refractivity contribution in [3.63, 3.8) is 0 Å². The molecule has 0 aromatic heterocycles. The highest BCUT2D eigenvalue weighted by atomic mass is 16.2. The van der Waals surface area contributed by atoms with E-state index in [4.69, 9.17) is 0 Å². The second kappa shape index (κ2) is 38.2. The number of carbonyl (C=O) groups is 3. The summed E-state index contributed by atoms with van der Waals surface area (Å²) in [7, 11) is 3.59. The number of hydrogen-bond acceptors (Lipinski definition) is 3. The van der Waals surface area contributed by atoms with Gasteiger partial charge >= 0.3 is 0 Å². The maximum Gasteiger partial charge on any atom is 0.234 e. The normalized spacial score (nSPS) is 11.0. The molecule has 0 bridgehead atoms. The van der Waals surface area contributed by atoms with E-state index in [2.05, 4.69) is 20.4 Å². The van der Waals surface area contributed by atoms with Crippen molar-refractivity contribution >= 4 is 17.5 Å². The van der Waals surface area contributed by atoms with E-state index >= 15 is 0 Å². The molecule has 58 heavy (non-hydrogen) atoms. The highest BCUT2D eigenvalue weighted by Crippen LogP contribution is 2.26. The summed E-state index contributed by atoms with van der Waals surface area (Å²) in [5.41, 5.74) is 2.32. The molecular formula is C54H89NO3. The van der Waals surface area contributed by atoms with E-state index in [0.29, 0.717) is 12.8 Å². The van der Waals surface area contributed by atoms with Crippen LogP contribution in [-0.4, -0.2) is 36.5 Å². The fraction of sp³-hybridized carbons (Fsp3) is 0.685. The zero-order valence-electron chi connectivity index (χ0n) is 38.4. The number of ketones is 2. The fourth-order valence-electron chi connectivity index (χ4n) is 7.80. The fourth-order valence-corrected chi connectivity index (χ4v) is 7.80. The third-order valence-electron chi connectivity index (χ3n) is 11.6. The van der Waals surface area contributed by atoms with Crippen molar-refractivity contribution in [1.82, 2.24) is 4.90 Å². The molecule has 0 radical (unpaired) electrons. The van der Waals surface area contributed by atoms with Gasteiger partial charge in [0.05, 0.1) is 11.5 Å². The van der Waals surface area contributed by atoms with Crippen LogP contribution < -0.4 is 0 Å². The van der Waals surface area contributed by atoms with Crippen molar-refractivity contribution in [2.45, 2.75) is 225 Å². The van der Waals surface area contributed by atoms with Gasteiger partial charge in [-0.25, -0.2) is 0 Å². The Morgan fingerprint density at radius 1 is 0.414 bits per heavy atom. The second-order valence-corrected chi connectivity index (χ2v) is 17.2. The molecule has 0 aliphatic heterocycles. The third-order valence-corrected chi connectivity index (χ3v) is 11.6. The number of benzene rings is 2. The summed E-state index contributed by atoms with van der Waals surface area (Å²) in [6.07, 6.45) is 40.7. The Morgan fingerprint density at radius 3 is 0.897 bits per heavy atom. The van der Waals surface area contributed by atoms with Crippen LogP contribution in [0, 0.1) is 0 Å². The van der Waals surface area contributed by atoms with Crippen LogP contribution in [0.25, 0.3) is 0 Å². The SMILES string of the molecule is C=C(C(=O)CCCCCCCCCCCCCCCCC)C(=O)CCCCCCCCCCCCCCCCC.CN(C)C(=O)C(c1ccccc1)c1ccccc1. The van der Waals surface area contributed by atoms with Crippen molar-refractivity contribution < 1.29 is 14.4 Å². The average Bonchev–Trinajstić information content (AvgIpc) is 3.24. The van der Waals surface area contributed by atoms with Gasteiger partial charge in [0.15, 0.2) is 11.6 Å². The van der Waals surface area contributed by atoms with E-state index < -0.39 is 0 Å². The number of rotatable bonds is 37. The van der Waals surface area contributed by atoms with E-state index in [1.54, 1.807) is 19.0 Å². The summed E-state index contributed by atoms with van der Waals surface area (Å²) in [6, 6.07) is 19.8. The minimum absolute atomic E-state index is 0.0133. The lowest BCUT2D eigenvalue weighted by molar-refractivity contribution is -0.129. The molecule has 0 saturated heterocycles. The minimum atomic E-state index is -0.220. The van der Waals surface area contributed by atoms with E-state index in [0.717, 1.165) is 36.8 Å². The molecule has 328 valence electrons. The van der Waals surface area contributed by atoms with Crippen molar-refractivity contribution in [3.8, 4) is 0 Å². The van der Waals surface area contributed by atoms with Gasteiger partial charge in [-0.2, -0.15) is 0 Å². The highest BCUT2D eigenvalue weighted by Gasteiger charge is 2.23. The van der Waals surface area contributed by atoms with Gasteiger partial charge in [-0.3, -0.25) is 14.4 Å². The number of nitrogens with zero attached hydrogens (tertiary/aromatic N) is 1. The van der Waals surface area contributed by atoms with Gasteiger partial charge < -0.3 is 4.90 Å². The summed E-state index contributed by atoms with van der Waals surface area (Å²) in [4.78, 5) is 38.7. The number of Topliss-reactive ketones (excluding diaryl/α,β-unsaturated/α-hetero) is 2. The molecule has 2 aromatic rings. The second-order valence-electron chi connectivity index (χ2n) is 17.2. The van der Waals surface area contributed by atoms with E-state index in [-0.39, 0.29) is 29.0 Å². The Labute approximate surface area is 358 Å². The molecule has 0 heterocycles. The Bertz CT molecular complexity index is 1180. The molecule has 0 N–H and O–H groups in total. The quantitative estimate of drug-likeness (QED) is 0.0296. The maximum atomic E-state index is 12.4. The molecule has 2 aromatic carbocycles. The molecule has 4 nitrogen and oxygen atoms in total. The van der Waals surface area contributed by atoms with Crippen LogP contribution in [0.1, 0.15) is 236 Å². The smallest absolute Gasteiger partial charge is 0.234 e. The zero-order chi connectivity index (χ0) is 42.3. The third kappa shape index (κ3) is 28.4. The molecule has 0 unspecified atom stereocenters. The lowest BCUT2D eigenvalue weighted by Crippen LogP contribution is -2.28. The summed E-state index contributed by atoms with van der Waals surface area (Å²) >= 11 is 0. The van der Waals surface area contributed by atoms with Crippen LogP contribution in [-0.2, 0) is 14.4 Å². The molecule has 4 heteroatoms. The van der Waals surface area contributed by atoms with Crippen LogP contribution in [0.3, 0.4) is 0 Å². The molecule has 0 saturated carbocycles. The number of hydrogen-bond donors (Lipinski definition) is 0. The number of amides is 1. The summed E-state index contributed by atoms with van der Waals surface area (Å²) in [6.45, 7) is 8.39. The van der Waals surface area contributed by atoms with Gasteiger partial charge in [-0.1, -0.05) is 261 Å². The van der Waals surface area contributed by atoms with Crippen LogP contribution in [0.4, 0.5) is 0 Å². The van der Waals surface area contributed by atoms with Crippen molar-refractivity contribution in [1.29, 1.82) is 0 Å². The first-order chi connectivity index (χ1) is 28.3. The summed E-state index contributed by atoms with van der Waals surface area (Å²) in [5, 5.41) is 0. The minimum Gasteiger partial charge on any atom is -0.348 e. The maximum absolute atomic E-state index is 12.4. The molecular weight excluding hydrogens is 711 g/mol. The summed E-state index contributed by atoms with van der Waals surface area (Å²) < 4.78 is 0. The molecule has 0 fully saturated rings. The standard InChI is InChI=1S/C38H72O2.C16H17NO/c1-4-6-8-10-12-14-16-18-20-22-24-26-28-30-32-34-37(39)36(3)38(40)35-33-31-29-27-25-23-21-19-17-15-13-11-9-7-5-2;1-17(2)16(18)15(13-9-5-3-6-10-13)14-11-7-4-8-12-14/h3-35H2,1-2H3;3-12,15H,1-2H3. The Hall–Kier alpha value is -3.01. The lowest BCUT2D eigenvalue weighted by Gasteiger charge is -2.21. The molecule has 0 aliphatic rings. The van der Waals surface area contributed by atoms with Crippen molar-refractivity contribution in [2.75, 3.05) is 14.1 Å². The van der Waals surface area contributed by atoms with E-state index in [9.17, 15) is 14.4 Å². The van der Waals surface area contributed by atoms with Gasteiger partial charge in [-0.15, -0.1) is 0 Å². The first-order valence-corrected chi connectivity index (χ1v) is 24.4. The van der Waals surface area contributed by atoms with Crippen LogP contribution in [0.15, 0.2) is 72.8 Å². The Morgan fingerprint density at radius 2 is 0.655 bits per heavy atom. The molecule has 0 aliphatic carbocycles. The van der Waals surface area contributed by atoms with Crippen molar-refractivity contribution in [2.24, 2.45) is 0 Å². The first-order valence-electron chi connectivity index (χ1n) is 24.4. The van der Waals surface area contributed by atoms with Gasteiger partial charge in [0.25, 0.3) is 0 Å². The molecule has 2 rings (SSSR count).